The Balaban J connectivity index is 1.31. The van der Waals surface area contributed by atoms with E-state index in [-0.39, 0.29) is 11.6 Å². The maximum absolute atomic E-state index is 13.1. The number of nitrogens with zero attached hydrogens (tertiary/aromatic N) is 9. The number of alkyl halides is 3. The highest BCUT2D eigenvalue weighted by Crippen LogP contribution is 2.31. The SMILES string of the molecule is CN1CCN(c2ccc(-n3cc(C(=O)NCCCN4CCOCC4)nn3)cc2NC(=O)c2nnc(C(F)(F)F)nc2Cl)CC1. The van der Waals surface area contributed by atoms with Crippen molar-refractivity contribution in [1.29, 1.82) is 0 Å². The molecule has 2 saturated heterocycles. The van der Waals surface area contributed by atoms with Crippen LogP contribution in [0, 0.1) is 0 Å². The van der Waals surface area contributed by atoms with Crippen LogP contribution < -0.4 is 15.5 Å². The summed E-state index contributed by atoms with van der Waals surface area (Å²) >= 11 is 5.89. The van der Waals surface area contributed by atoms with Gasteiger partial charge >= 0.3 is 6.18 Å². The van der Waals surface area contributed by atoms with Gasteiger partial charge in [-0.05, 0) is 38.2 Å². The van der Waals surface area contributed by atoms with Gasteiger partial charge in [-0.15, -0.1) is 15.3 Å². The Morgan fingerprint density at radius 3 is 2.48 bits per heavy atom. The molecule has 0 unspecified atom stereocenters. The van der Waals surface area contributed by atoms with Crippen LogP contribution in [-0.2, 0) is 10.9 Å². The standard InChI is InChI=1S/C26H31ClF3N11O3/c1-38-7-9-40(10-8-38)20-4-3-17(15-18(20)32-24(43)21-22(27)33-25(36-35-21)26(28,29)30)41-16-19(34-37-41)23(42)31-5-2-6-39-11-13-44-14-12-39/h3-4,15-16H,2,5-14H2,1H3,(H,31,42)(H,32,43). The van der Waals surface area contributed by atoms with Crippen molar-refractivity contribution in [3.8, 4) is 5.69 Å². The van der Waals surface area contributed by atoms with Gasteiger partial charge in [0, 0.05) is 45.8 Å². The van der Waals surface area contributed by atoms with Gasteiger partial charge in [0.25, 0.3) is 17.6 Å². The second-order valence-corrected chi connectivity index (χ2v) is 10.7. The van der Waals surface area contributed by atoms with Gasteiger partial charge in [-0.25, -0.2) is 9.67 Å². The number of anilines is 2. The Bertz CT molecular complexity index is 1470. The van der Waals surface area contributed by atoms with Gasteiger partial charge in [0.2, 0.25) is 0 Å². The minimum atomic E-state index is -4.87. The Kier molecular flexibility index (Phi) is 9.87. The molecule has 0 aliphatic carbocycles. The Hall–Kier alpha value is -3.93. The van der Waals surface area contributed by atoms with Gasteiger partial charge in [-0.2, -0.15) is 13.2 Å². The molecule has 0 bridgehead atoms. The van der Waals surface area contributed by atoms with Crippen LogP contribution in [-0.4, -0.2) is 124 Å². The lowest BCUT2D eigenvalue weighted by Crippen LogP contribution is -2.44. The largest absolute Gasteiger partial charge is 0.453 e. The second-order valence-electron chi connectivity index (χ2n) is 10.3. The summed E-state index contributed by atoms with van der Waals surface area (Å²) in [5.74, 6) is -2.82. The van der Waals surface area contributed by atoms with E-state index < -0.39 is 28.8 Å². The smallest absolute Gasteiger partial charge is 0.379 e. The fourth-order valence-corrected chi connectivity index (χ4v) is 4.95. The lowest BCUT2D eigenvalue weighted by atomic mass is 10.2. The molecule has 44 heavy (non-hydrogen) atoms. The number of nitrogens with one attached hydrogen (secondary N) is 2. The summed E-state index contributed by atoms with van der Waals surface area (Å²) in [6.45, 7) is 7.40. The van der Waals surface area contributed by atoms with Gasteiger partial charge in [-0.3, -0.25) is 14.5 Å². The molecule has 2 fully saturated rings. The number of benzene rings is 1. The summed E-state index contributed by atoms with van der Waals surface area (Å²) in [6, 6.07) is 5.15. The fraction of sp³-hybridized carbons (Fsp3) is 0.500. The summed E-state index contributed by atoms with van der Waals surface area (Å²) in [7, 11) is 2.00. The van der Waals surface area contributed by atoms with Crippen LogP contribution in [0.15, 0.2) is 24.4 Å². The van der Waals surface area contributed by atoms with Gasteiger partial charge in [0.1, 0.15) is 0 Å². The molecule has 14 nitrogen and oxygen atoms in total. The molecule has 2 aliphatic heterocycles. The van der Waals surface area contributed by atoms with E-state index >= 15 is 0 Å². The first-order chi connectivity index (χ1) is 21.1. The average Bonchev–Trinajstić information content (AvgIpc) is 3.50. The molecule has 5 rings (SSSR count). The predicted molar refractivity (Wildman–Crippen MR) is 153 cm³/mol. The van der Waals surface area contributed by atoms with Crippen LogP contribution in [0.25, 0.3) is 5.69 Å². The maximum Gasteiger partial charge on any atom is 0.453 e. The van der Waals surface area contributed by atoms with Crippen molar-refractivity contribution in [2.45, 2.75) is 12.6 Å². The molecule has 236 valence electrons. The highest BCUT2D eigenvalue weighted by Gasteiger charge is 2.36. The van der Waals surface area contributed by atoms with E-state index in [9.17, 15) is 22.8 Å². The maximum atomic E-state index is 13.1. The average molecular weight is 638 g/mol. The van der Waals surface area contributed by atoms with Crippen LogP contribution in [0.4, 0.5) is 24.5 Å². The van der Waals surface area contributed by atoms with Gasteiger partial charge in [0.05, 0.1) is 36.5 Å². The predicted octanol–water partition coefficient (Wildman–Crippen LogP) is 1.58. The third-order valence-corrected chi connectivity index (χ3v) is 7.48. The zero-order chi connectivity index (χ0) is 31.3. The third-order valence-electron chi connectivity index (χ3n) is 7.22. The topological polar surface area (TPSA) is 147 Å². The first kappa shape index (κ1) is 31.5. The summed E-state index contributed by atoms with van der Waals surface area (Å²) in [4.78, 5) is 35.5. The van der Waals surface area contributed by atoms with Crippen LogP contribution in [0.1, 0.15) is 33.2 Å². The molecular weight excluding hydrogens is 607 g/mol. The highest BCUT2D eigenvalue weighted by molar-refractivity contribution is 6.32. The summed E-state index contributed by atoms with van der Waals surface area (Å²) in [6.07, 6.45) is -2.62. The number of hydrogen-bond acceptors (Lipinski definition) is 11. The lowest BCUT2D eigenvalue weighted by Gasteiger charge is -2.35. The number of halogens is 4. The second kappa shape index (κ2) is 13.8. The van der Waals surface area contributed by atoms with E-state index in [1.165, 1.54) is 10.9 Å². The number of hydrogen-bond donors (Lipinski definition) is 2. The number of rotatable bonds is 9. The molecule has 0 saturated carbocycles. The number of morpholine rings is 1. The minimum Gasteiger partial charge on any atom is -0.379 e. The van der Waals surface area contributed by atoms with Crippen molar-refractivity contribution < 1.29 is 27.5 Å². The monoisotopic (exact) mass is 637 g/mol. The van der Waals surface area contributed by atoms with Gasteiger partial charge in [0.15, 0.2) is 16.5 Å². The number of aromatic nitrogens is 6. The highest BCUT2D eigenvalue weighted by atomic mass is 35.5. The van der Waals surface area contributed by atoms with Crippen LogP contribution in [0.3, 0.4) is 0 Å². The molecule has 0 radical (unpaired) electrons. The third kappa shape index (κ3) is 7.77. The van der Waals surface area contributed by atoms with Crippen molar-refractivity contribution in [3.05, 3.63) is 46.8 Å². The van der Waals surface area contributed by atoms with Gasteiger partial charge in [-0.1, -0.05) is 16.8 Å². The van der Waals surface area contributed by atoms with E-state index in [4.69, 9.17) is 16.3 Å². The number of amides is 2. The van der Waals surface area contributed by atoms with E-state index in [1.54, 1.807) is 18.2 Å². The molecule has 1 aromatic carbocycles. The molecule has 2 aliphatic rings. The summed E-state index contributed by atoms with van der Waals surface area (Å²) in [5.41, 5.74) is 1.00. The van der Waals surface area contributed by atoms with Crippen LogP contribution in [0.5, 0.6) is 0 Å². The molecule has 0 spiro atoms. The number of ether oxygens (including phenoxy) is 1. The van der Waals surface area contributed by atoms with E-state index in [0.717, 1.165) is 39.1 Å². The normalized spacial score (nSPS) is 16.6. The Labute approximate surface area is 255 Å². The molecule has 18 heteroatoms. The van der Waals surface area contributed by atoms with Crippen molar-refractivity contribution in [2.24, 2.45) is 0 Å². The summed E-state index contributed by atoms with van der Waals surface area (Å²) < 4.78 is 45.6. The molecule has 2 N–H and O–H groups in total. The zero-order valence-electron chi connectivity index (χ0n) is 23.8. The van der Waals surface area contributed by atoms with Crippen molar-refractivity contribution in [2.75, 3.05) is 82.8 Å². The Morgan fingerprint density at radius 2 is 1.77 bits per heavy atom. The molecule has 3 aromatic rings. The van der Waals surface area contributed by atoms with Crippen LogP contribution in [0.2, 0.25) is 5.15 Å². The molecular formula is C26H31ClF3N11O3. The molecule has 4 heterocycles. The Morgan fingerprint density at radius 1 is 1.02 bits per heavy atom. The van der Waals surface area contributed by atoms with E-state index in [1.807, 2.05) is 7.05 Å². The zero-order valence-corrected chi connectivity index (χ0v) is 24.6. The first-order valence-corrected chi connectivity index (χ1v) is 14.3. The lowest BCUT2D eigenvalue weighted by molar-refractivity contribution is -0.145. The van der Waals surface area contributed by atoms with Crippen LogP contribution >= 0.6 is 11.6 Å². The van der Waals surface area contributed by atoms with Crippen molar-refractivity contribution in [3.63, 3.8) is 0 Å². The number of piperazine rings is 1. The fourth-order valence-electron chi connectivity index (χ4n) is 4.75. The molecule has 0 atom stereocenters. The quantitative estimate of drug-likeness (QED) is 0.330. The number of carbonyl (C=O) groups excluding carboxylic acids is 2. The van der Waals surface area contributed by atoms with E-state index in [2.05, 4.69) is 50.8 Å². The minimum absolute atomic E-state index is 0.114. The number of likely N-dealkylation sites (N-methyl/N-ethyl adjacent to an activating group) is 1. The molecule has 2 aromatic heterocycles. The number of carbonyl (C=O) groups is 2. The van der Waals surface area contributed by atoms with Crippen molar-refractivity contribution in [1.82, 2.24) is 45.3 Å². The van der Waals surface area contributed by atoms with Crippen molar-refractivity contribution >= 4 is 34.8 Å². The summed E-state index contributed by atoms with van der Waals surface area (Å²) in [5, 5.41) is 19.3. The van der Waals surface area contributed by atoms with Gasteiger partial charge < -0.3 is 25.2 Å². The molecule has 2 amide bonds. The first-order valence-electron chi connectivity index (χ1n) is 14.0. The van der Waals surface area contributed by atoms with E-state index in [0.29, 0.717) is 49.9 Å².